The van der Waals surface area contributed by atoms with Crippen LogP contribution in [0.1, 0.15) is 26.3 Å². The highest BCUT2D eigenvalue weighted by Gasteiger charge is 2.23. The molecule has 3 N–H and O–H groups in total. The normalized spacial score (nSPS) is 13.2. The maximum Gasteiger partial charge on any atom is 0.335 e. The molecule has 1 atom stereocenters. The zero-order valence-electron chi connectivity index (χ0n) is 10.4. The molecule has 94 valence electrons. The summed E-state index contributed by atoms with van der Waals surface area (Å²) in [5, 5.41) is 9.70. The lowest BCUT2D eigenvalue weighted by Crippen LogP contribution is -2.32. The largest absolute Gasteiger partial charge is 0.458 e. The Morgan fingerprint density at radius 2 is 1.88 bits per heavy atom. The number of rotatable bonds is 3. The molecule has 0 aromatic heterocycles. The average molecular weight is 237 g/mol. The zero-order valence-corrected chi connectivity index (χ0v) is 10.4. The Labute approximate surface area is 101 Å². The third-order valence-corrected chi connectivity index (χ3v) is 2.09. The van der Waals surface area contributed by atoms with E-state index in [1.54, 1.807) is 45.0 Å². The third kappa shape index (κ3) is 4.87. The van der Waals surface area contributed by atoms with E-state index in [1.807, 2.05) is 0 Å². The molecule has 0 spiro atoms. The highest BCUT2D eigenvalue weighted by molar-refractivity contribution is 5.75. The van der Waals surface area contributed by atoms with Gasteiger partial charge in [0.2, 0.25) is 0 Å². The molecule has 0 saturated heterocycles. The fraction of sp³-hybridized carbons (Fsp3) is 0.462. The summed E-state index contributed by atoms with van der Waals surface area (Å²) in [4.78, 5) is 11.5. The SMILES string of the molecule is CC(C)(C)OC(=O)[C@@H](O)Cc1ccc(N)cc1. The van der Waals surface area contributed by atoms with Crippen LogP contribution in [-0.4, -0.2) is 22.8 Å². The summed E-state index contributed by atoms with van der Waals surface area (Å²) in [6.07, 6.45) is -0.910. The number of hydrogen-bond acceptors (Lipinski definition) is 4. The molecule has 0 aliphatic rings. The van der Waals surface area contributed by atoms with Gasteiger partial charge < -0.3 is 15.6 Å². The van der Waals surface area contributed by atoms with E-state index in [-0.39, 0.29) is 6.42 Å². The highest BCUT2D eigenvalue weighted by Crippen LogP contribution is 2.12. The molecule has 0 unspecified atom stereocenters. The lowest BCUT2D eigenvalue weighted by molar-refractivity contribution is -0.164. The van der Waals surface area contributed by atoms with Crippen LogP contribution in [0, 0.1) is 0 Å². The average Bonchev–Trinajstić information content (AvgIpc) is 2.19. The number of ether oxygens (including phenoxy) is 1. The van der Waals surface area contributed by atoms with Gasteiger partial charge in [-0.25, -0.2) is 4.79 Å². The van der Waals surface area contributed by atoms with Crippen LogP contribution in [0.25, 0.3) is 0 Å². The number of hydrogen-bond donors (Lipinski definition) is 2. The van der Waals surface area contributed by atoms with Crippen LogP contribution in [0.15, 0.2) is 24.3 Å². The van der Waals surface area contributed by atoms with Gasteiger partial charge in [0.15, 0.2) is 6.10 Å². The van der Waals surface area contributed by atoms with Gasteiger partial charge in [0.25, 0.3) is 0 Å². The van der Waals surface area contributed by atoms with Crippen LogP contribution in [-0.2, 0) is 16.0 Å². The molecule has 0 fully saturated rings. The fourth-order valence-electron chi connectivity index (χ4n) is 1.33. The summed E-state index contributed by atoms with van der Waals surface area (Å²) in [5.41, 5.74) is 6.46. The second-order valence-electron chi connectivity index (χ2n) is 4.99. The first kappa shape index (κ1) is 13.5. The summed E-state index contributed by atoms with van der Waals surface area (Å²) in [6.45, 7) is 5.29. The van der Waals surface area contributed by atoms with Crippen molar-refractivity contribution in [3.8, 4) is 0 Å². The minimum absolute atomic E-state index is 0.231. The van der Waals surface area contributed by atoms with Gasteiger partial charge in [-0.15, -0.1) is 0 Å². The van der Waals surface area contributed by atoms with Crippen molar-refractivity contribution in [2.24, 2.45) is 0 Å². The molecule has 4 heteroatoms. The Kier molecular flexibility index (Phi) is 4.12. The van der Waals surface area contributed by atoms with Gasteiger partial charge in [-0.05, 0) is 38.5 Å². The number of benzene rings is 1. The van der Waals surface area contributed by atoms with E-state index in [1.165, 1.54) is 0 Å². The van der Waals surface area contributed by atoms with Gasteiger partial charge in [0.05, 0.1) is 0 Å². The first-order chi connectivity index (χ1) is 7.78. The Balaban J connectivity index is 2.57. The van der Waals surface area contributed by atoms with Crippen molar-refractivity contribution in [1.82, 2.24) is 0 Å². The van der Waals surface area contributed by atoms with Gasteiger partial charge >= 0.3 is 5.97 Å². The van der Waals surface area contributed by atoms with Gasteiger partial charge in [-0.2, -0.15) is 0 Å². The third-order valence-electron chi connectivity index (χ3n) is 2.09. The minimum Gasteiger partial charge on any atom is -0.458 e. The van der Waals surface area contributed by atoms with E-state index in [4.69, 9.17) is 10.5 Å². The van der Waals surface area contributed by atoms with Gasteiger partial charge in [-0.3, -0.25) is 0 Å². The quantitative estimate of drug-likeness (QED) is 0.617. The van der Waals surface area contributed by atoms with Crippen molar-refractivity contribution < 1.29 is 14.6 Å². The number of aliphatic hydroxyl groups is 1. The van der Waals surface area contributed by atoms with Crippen molar-refractivity contribution in [3.63, 3.8) is 0 Å². The summed E-state index contributed by atoms with van der Waals surface area (Å²) in [7, 11) is 0. The molecule has 0 aliphatic heterocycles. The highest BCUT2D eigenvalue weighted by atomic mass is 16.6. The van der Waals surface area contributed by atoms with Crippen LogP contribution < -0.4 is 5.73 Å². The predicted octanol–water partition coefficient (Wildman–Crippen LogP) is 1.51. The molecule has 0 radical (unpaired) electrons. The number of carbonyl (C=O) groups is 1. The van der Waals surface area contributed by atoms with E-state index < -0.39 is 17.7 Å². The molecule has 0 amide bonds. The van der Waals surface area contributed by atoms with Gasteiger partial charge in [0, 0.05) is 12.1 Å². The summed E-state index contributed by atoms with van der Waals surface area (Å²) >= 11 is 0. The van der Waals surface area contributed by atoms with E-state index >= 15 is 0 Å². The number of esters is 1. The monoisotopic (exact) mass is 237 g/mol. The molecule has 1 aromatic rings. The predicted molar refractivity (Wildman–Crippen MR) is 66.4 cm³/mol. The fourth-order valence-corrected chi connectivity index (χ4v) is 1.33. The molecular formula is C13H19NO3. The molecule has 0 aliphatic carbocycles. The van der Waals surface area contributed by atoms with Crippen LogP contribution in [0.2, 0.25) is 0 Å². The molecule has 17 heavy (non-hydrogen) atoms. The van der Waals surface area contributed by atoms with E-state index in [0.29, 0.717) is 5.69 Å². The topological polar surface area (TPSA) is 72.5 Å². The minimum atomic E-state index is -1.14. The number of nitrogens with two attached hydrogens (primary N) is 1. The second-order valence-corrected chi connectivity index (χ2v) is 4.99. The van der Waals surface area contributed by atoms with Crippen molar-refractivity contribution in [2.45, 2.75) is 38.9 Å². The Hall–Kier alpha value is -1.55. The lowest BCUT2D eigenvalue weighted by Gasteiger charge is -2.21. The summed E-state index contributed by atoms with van der Waals surface area (Å²) in [6, 6.07) is 7.03. The molecule has 0 bridgehead atoms. The van der Waals surface area contributed by atoms with Gasteiger partial charge in [0.1, 0.15) is 5.60 Å². The Morgan fingerprint density at radius 3 is 2.35 bits per heavy atom. The summed E-state index contributed by atoms with van der Waals surface area (Å²) in [5.74, 6) is -0.602. The number of aliphatic hydroxyl groups excluding tert-OH is 1. The maximum absolute atomic E-state index is 11.5. The molecule has 0 heterocycles. The molecular weight excluding hydrogens is 218 g/mol. The smallest absolute Gasteiger partial charge is 0.335 e. The first-order valence-electron chi connectivity index (χ1n) is 5.53. The van der Waals surface area contributed by atoms with Crippen LogP contribution >= 0.6 is 0 Å². The van der Waals surface area contributed by atoms with Gasteiger partial charge in [-0.1, -0.05) is 12.1 Å². The standard InChI is InChI=1S/C13H19NO3/c1-13(2,3)17-12(16)11(15)8-9-4-6-10(14)7-5-9/h4-7,11,15H,8,14H2,1-3H3/t11-/m0/s1. The van der Waals surface area contributed by atoms with Crippen molar-refractivity contribution in [2.75, 3.05) is 5.73 Å². The molecule has 1 rings (SSSR count). The maximum atomic E-state index is 11.5. The van der Waals surface area contributed by atoms with Crippen LogP contribution in [0.4, 0.5) is 5.69 Å². The number of anilines is 1. The number of nitrogen functional groups attached to an aromatic ring is 1. The summed E-state index contributed by atoms with van der Waals surface area (Å²) < 4.78 is 5.08. The zero-order chi connectivity index (χ0) is 13.1. The van der Waals surface area contributed by atoms with E-state index in [2.05, 4.69) is 0 Å². The van der Waals surface area contributed by atoms with Crippen molar-refractivity contribution in [1.29, 1.82) is 0 Å². The van der Waals surface area contributed by atoms with Crippen LogP contribution in [0.3, 0.4) is 0 Å². The Morgan fingerprint density at radius 1 is 1.35 bits per heavy atom. The second kappa shape index (κ2) is 5.19. The lowest BCUT2D eigenvalue weighted by atomic mass is 10.1. The van der Waals surface area contributed by atoms with Crippen molar-refractivity contribution in [3.05, 3.63) is 29.8 Å². The van der Waals surface area contributed by atoms with E-state index in [0.717, 1.165) is 5.56 Å². The first-order valence-corrected chi connectivity index (χ1v) is 5.53. The van der Waals surface area contributed by atoms with E-state index in [9.17, 15) is 9.90 Å². The number of carbonyl (C=O) groups excluding carboxylic acids is 1. The van der Waals surface area contributed by atoms with Crippen molar-refractivity contribution >= 4 is 11.7 Å². The van der Waals surface area contributed by atoms with Crippen LogP contribution in [0.5, 0.6) is 0 Å². The molecule has 0 saturated carbocycles. The molecule has 1 aromatic carbocycles. The Bertz CT molecular complexity index is 379. The molecule has 4 nitrogen and oxygen atoms in total.